The van der Waals surface area contributed by atoms with Crippen LogP contribution in [0.15, 0.2) is 0 Å². The molecule has 1 atom stereocenters. The highest BCUT2D eigenvalue weighted by Gasteiger charge is 2.33. The van der Waals surface area contributed by atoms with Crippen molar-refractivity contribution in [1.29, 1.82) is 0 Å². The smallest absolute Gasteiger partial charge is 0.311 e. The third kappa shape index (κ3) is 4.98. The summed E-state index contributed by atoms with van der Waals surface area (Å²) in [6, 6.07) is 0.624. The van der Waals surface area contributed by atoms with Crippen LogP contribution in [0.3, 0.4) is 0 Å². The van der Waals surface area contributed by atoms with Crippen molar-refractivity contribution in [2.45, 2.75) is 89.1 Å². The number of carbonyl (C=O) groups excluding carboxylic acids is 3. The van der Waals surface area contributed by atoms with Crippen LogP contribution in [0.4, 0.5) is 0 Å². The van der Waals surface area contributed by atoms with Crippen LogP contribution in [0.1, 0.15) is 77.0 Å². The number of carbonyl (C=O) groups is 3. The highest BCUT2D eigenvalue weighted by molar-refractivity contribution is 5.84. The minimum absolute atomic E-state index is 0.0223. The van der Waals surface area contributed by atoms with Gasteiger partial charge in [-0.2, -0.15) is 0 Å². The van der Waals surface area contributed by atoms with Gasteiger partial charge in [-0.3, -0.25) is 14.4 Å². The Balaban J connectivity index is 1.55. The summed E-state index contributed by atoms with van der Waals surface area (Å²) in [6.45, 7) is 0.164. The van der Waals surface area contributed by atoms with Crippen molar-refractivity contribution in [3.05, 3.63) is 0 Å². The number of rotatable bonds is 5. The van der Waals surface area contributed by atoms with Gasteiger partial charge in [0.15, 0.2) is 6.61 Å². The molecule has 3 fully saturated rings. The molecule has 0 aromatic carbocycles. The standard InChI is InChI=1S/C20H32N2O4/c23-18-12-11-15(13-21-18)20(25)26-14-19(24)22(16-7-3-1-4-8-16)17-9-5-2-6-10-17/h15-17H,1-14H2,(H,21,23)/t15-/m1/s1. The number of amides is 2. The number of esters is 1. The van der Waals surface area contributed by atoms with E-state index in [1.54, 1.807) is 0 Å². The molecule has 2 amide bonds. The Morgan fingerprint density at radius 3 is 2.00 bits per heavy atom. The van der Waals surface area contributed by atoms with Crippen molar-refractivity contribution in [3.63, 3.8) is 0 Å². The lowest BCUT2D eigenvalue weighted by Crippen LogP contribution is -2.50. The van der Waals surface area contributed by atoms with Crippen molar-refractivity contribution in [2.24, 2.45) is 5.92 Å². The van der Waals surface area contributed by atoms with Crippen molar-refractivity contribution in [3.8, 4) is 0 Å². The molecule has 1 heterocycles. The summed E-state index contributed by atoms with van der Waals surface area (Å²) < 4.78 is 5.36. The minimum Gasteiger partial charge on any atom is -0.455 e. The topological polar surface area (TPSA) is 75.7 Å². The molecule has 6 heteroatoms. The molecule has 3 rings (SSSR count). The van der Waals surface area contributed by atoms with Crippen LogP contribution >= 0.6 is 0 Å². The van der Waals surface area contributed by atoms with Gasteiger partial charge in [-0.15, -0.1) is 0 Å². The van der Waals surface area contributed by atoms with Gasteiger partial charge < -0.3 is 15.0 Å². The van der Waals surface area contributed by atoms with Gasteiger partial charge in [0.2, 0.25) is 5.91 Å². The predicted octanol–water partition coefficient (Wildman–Crippen LogP) is 2.55. The molecule has 0 aromatic rings. The van der Waals surface area contributed by atoms with Crippen LogP contribution in [0.25, 0.3) is 0 Å². The second-order valence-corrected chi connectivity index (χ2v) is 8.03. The van der Waals surface area contributed by atoms with Gasteiger partial charge in [0.1, 0.15) is 0 Å². The fourth-order valence-corrected chi connectivity index (χ4v) is 4.68. The Hall–Kier alpha value is -1.59. The maximum Gasteiger partial charge on any atom is 0.311 e. The lowest BCUT2D eigenvalue weighted by molar-refractivity contribution is -0.159. The highest BCUT2D eigenvalue weighted by Crippen LogP contribution is 2.30. The second-order valence-electron chi connectivity index (χ2n) is 8.03. The van der Waals surface area contributed by atoms with Crippen LogP contribution in [0.5, 0.6) is 0 Å². The van der Waals surface area contributed by atoms with E-state index in [1.165, 1.54) is 38.5 Å². The Morgan fingerprint density at radius 1 is 0.923 bits per heavy atom. The van der Waals surface area contributed by atoms with E-state index in [9.17, 15) is 14.4 Å². The average molecular weight is 364 g/mol. The quantitative estimate of drug-likeness (QED) is 0.761. The normalized spacial score (nSPS) is 25.4. The van der Waals surface area contributed by atoms with E-state index in [4.69, 9.17) is 4.74 Å². The summed E-state index contributed by atoms with van der Waals surface area (Å²) in [5, 5.41) is 2.69. The number of hydrogen-bond acceptors (Lipinski definition) is 4. The fraction of sp³-hybridized carbons (Fsp3) is 0.850. The first-order valence-corrected chi connectivity index (χ1v) is 10.4. The second kappa shape index (κ2) is 9.38. The van der Waals surface area contributed by atoms with Crippen LogP contribution in [-0.4, -0.2) is 47.9 Å². The third-order valence-electron chi connectivity index (χ3n) is 6.16. The van der Waals surface area contributed by atoms with E-state index in [2.05, 4.69) is 10.2 Å². The van der Waals surface area contributed by atoms with Crippen LogP contribution in [0, 0.1) is 5.92 Å². The molecule has 1 N–H and O–H groups in total. The summed E-state index contributed by atoms with van der Waals surface area (Å²) in [5.74, 6) is -0.730. The molecule has 0 unspecified atom stereocenters. The molecule has 0 bridgehead atoms. The molecule has 26 heavy (non-hydrogen) atoms. The van der Waals surface area contributed by atoms with Gasteiger partial charge in [-0.05, 0) is 32.1 Å². The maximum atomic E-state index is 13.0. The molecule has 1 saturated heterocycles. The van der Waals surface area contributed by atoms with Gasteiger partial charge in [0.25, 0.3) is 5.91 Å². The monoisotopic (exact) mass is 364 g/mol. The van der Waals surface area contributed by atoms with Gasteiger partial charge in [-0.1, -0.05) is 38.5 Å². The van der Waals surface area contributed by atoms with Crippen molar-refractivity contribution >= 4 is 17.8 Å². The summed E-state index contributed by atoms with van der Waals surface area (Å²) in [6.07, 6.45) is 12.4. The van der Waals surface area contributed by atoms with Crippen LogP contribution < -0.4 is 5.32 Å². The van der Waals surface area contributed by atoms with Crippen molar-refractivity contribution in [1.82, 2.24) is 10.2 Å². The number of nitrogens with one attached hydrogen (secondary N) is 1. The lowest BCUT2D eigenvalue weighted by Gasteiger charge is -2.41. The zero-order chi connectivity index (χ0) is 18.4. The predicted molar refractivity (Wildman–Crippen MR) is 97.3 cm³/mol. The van der Waals surface area contributed by atoms with Gasteiger partial charge in [0.05, 0.1) is 5.92 Å². The molecule has 0 aromatic heterocycles. The van der Waals surface area contributed by atoms with Gasteiger partial charge >= 0.3 is 5.97 Å². The average Bonchev–Trinajstić information content (AvgIpc) is 2.68. The SMILES string of the molecule is O=C1CC[C@@H](C(=O)OCC(=O)N(C2CCCCC2)C2CCCCC2)CN1. The Bertz CT molecular complexity index is 482. The maximum absolute atomic E-state index is 13.0. The van der Waals surface area contributed by atoms with E-state index >= 15 is 0 Å². The summed E-state index contributed by atoms with van der Waals surface area (Å²) in [4.78, 5) is 38.5. The Labute approximate surface area is 156 Å². The zero-order valence-corrected chi connectivity index (χ0v) is 15.7. The Kier molecular flexibility index (Phi) is 6.92. The molecule has 0 radical (unpaired) electrons. The van der Waals surface area contributed by atoms with E-state index in [-0.39, 0.29) is 30.3 Å². The fourth-order valence-electron chi connectivity index (χ4n) is 4.68. The zero-order valence-electron chi connectivity index (χ0n) is 15.7. The number of nitrogens with zero attached hydrogens (tertiary/aromatic N) is 1. The number of piperidine rings is 1. The van der Waals surface area contributed by atoms with Crippen LogP contribution in [-0.2, 0) is 19.1 Å². The summed E-state index contributed by atoms with van der Waals surface area (Å²) in [7, 11) is 0. The van der Waals surface area contributed by atoms with E-state index < -0.39 is 0 Å². The molecular formula is C20H32N2O4. The number of hydrogen-bond donors (Lipinski definition) is 1. The molecule has 6 nitrogen and oxygen atoms in total. The lowest BCUT2D eigenvalue weighted by atomic mass is 9.88. The van der Waals surface area contributed by atoms with Gasteiger partial charge in [-0.25, -0.2) is 0 Å². The number of ether oxygens (including phenoxy) is 1. The first-order chi connectivity index (χ1) is 12.6. The minimum atomic E-state index is -0.356. The highest BCUT2D eigenvalue weighted by atomic mass is 16.5. The summed E-state index contributed by atoms with van der Waals surface area (Å²) >= 11 is 0. The van der Waals surface area contributed by atoms with Crippen LogP contribution in [0.2, 0.25) is 0 Å². The first kappa shape index (κ1) is 19.2. The van der Waals surface area contributed by atoms with Gasteiger partial charge in [0, 0.05) is 25.0 Å². The third-order valence-corrected chi connectivity index (χ3v) is 6.16. The first-order valence-electron chi connectivity index (χ1n) is 10.4. The molecule has 3 aliphatic rings. The summed E-state index contributed by atoms with van der Waals surface area (Å²) in [5.41, 5.74) is 0. The molecule has 0 spiro atoms. The molecule has 2 saturated carbocycles. The van der Waals surface area contributed by atoms with Crippen molar-refractivity contribution in [2.75, 3.05) is 13.2 Å². The van der Waals surface area contributed by atoms with Crippen molar-refractivity contribution < 1.29 is 19.1 Å². The van der Waals surface area contributed by atoms with E-state index in [0.29, 0.717) is 31.5 Å². The largest absolute Gasteiger partial charge is 0.455 e. The van der Waals surface area contributed by atoms with E-state index in [1.807, 2.05) is 0 Å². The molecule has 2 aliphatic carbocycles. The molecule has 146 valence electrons. The van der Waals surface area contributed by atoms with E-state index in [0.717, 1.165) is 25.7 Å². The molecular weight excluding hydrogens is 332 g/mol. The molecule has 1 aliphatic heterocycles. The Morgan fingerprint density at radius 2 is 1.50 bits per heavy atom.